The van der Waals surface area contributed by atoms with Crippen LogP contribution in [0.4, 0.5) is 0 Å². The second-order valence-corrected chi connectivity index (χ2v) is 5.14. The van der Waals surface area contributed by atoms with Crippen molar-refractivity contribution < 1.29 is 4.74 Å². The Hall–Kier alpha value is -0.900. The van der Waals surface area contributed by atoms with Gasteiger partial charge in [0.25, 0.3) is 0 Å². The molecule has 0 saturated carbocycles. The first-order chi connectivity index (χ1) is 9.12. The van der Waals surface area contributed by atoms with E-state index < -0.39 is 0 Å². The minimum atomic E-state index is 0.361. The second-order valence-electron chi connectivity index (χ2n) is 5.14. The van der Waals surface area contributed by atoms with Gasteiger partial charge in [0.05, 0.1) is 6.61 Å². The number of ether oxygens (including phenoxy) is 1. The zero-order valence-electron chi connectivity index (χ0n) is 12.9. The fourth-order valence-electron chi connectivity index (χ4n) is 2.36. The number of nitrogens with zero attached hydrogens (tertiary/aromatic N) is 1. The van der Waals surface area contributed by atoms with Crippen molar-refractivity contribution in [1.29, 1.82) is 0 Å². The van der Waals surface area contributed by atoms with Crippen LogP contribution in [0.2, 0.25) is 0 Å². The summed E-state index contributed by atoms with van der Waals surface area (Å²) < 4.78 is 5.26. The molecule has 0 radical (unpaired) electrons. The van der Waals surface area contributed by atoms with E-state index in [4.69, 9.17) is 4.74 Å². The number of hydrogen-bond donors (Lipinski definition) is 1. The van der Waals surface area contributed by atoms with Crippen molar-refractivity contribution >= 4 is 0 Å². The van der Waals surface area contributed by atoms with E-state index in [1.54, 1.807) is 7.11 Å². The van der Waals surface area contributed by atoms with Crippen LogP contribution in [0, 0.1) is 6.92 Å². The highest BCUT2D eigenvalue weighted by Crippen LogP contribution is 2.16. The van der Waals surface area contributed by atoms with Gasteiger partial charge in [-0.25, -0.2) is 0 Å². The van der Waals surface area contributed by atoms with Gasteiger partial charge in [-0.2, -0.15) is 0 Å². The summed E-state index contributed by atoms with van der Waals surface area (Å²) in [6.07, 6.45) is 0. The molecule has 0 heterocycles. The van der Waals surface area contributed by atoms with E-state index in [-0.39, 0.29) is 0 Å². The maximum Gasteiger partial charge on any atom is 0.0615 e. The zero-order chi connectivity index (χ0) is 14.3. The van der Waals surface area contributed by atoms with Gasteiger partial charge in [-0.3, -0.25) is 4.90 Å². The molecule has 0 aromatic heterocycles. The van der Waals surface area contributed by atoms with Crippen molar-refractivity contribution in [2.45, 2.75) is 32.9 Å². The number of rotatable bonds is 8. The Kier molecular flexibility index (Phi) is 7.06. The van der Waals surface area contributed by atoms with Gasteiger partial charge in [0.15, 0.2) is 0 Å². The largest absolute Gasteiger partial charge is 0.383 e. The lowest BCUT2D eigenvalue weighted by Gasteiger charge is -2.31. The van der Waals surface area contributed by atoms with Gasteiger partial charge >= 0.3 is 0 Å². The van der Waals surface area contributed by atoms with Crippen molar-refractivity contribution in [3.8, 4) is 0 Å². The monoisotopic (exact) mass is 264 g/mol. The van der Waals surface area contributed by atoms with E-state index in [0.29, 0.717) is 12.1 Å². The van der Waals surface area contributed by atoms with Gasteiger partial charge in [0.2, 0.25) is 0 Å². The lowest BCUT2D eigenvalue weighted by Crippen LogP contribution is -2.41. The second kappa shape index (κ2) is 8.31. The molecule has 3 heteroatoms. The highest BCUT2D eigenvalue weighted by Gasteiger charge is 2.17. The van der Waals surface area contributed by atoms with E-state index in [0.717, 1.165) is 19.7 Å². The van der Waals surface area contributed by atoms with Gasteiger partial charge in [-0.15, -0.1) is 0 Å². The average molecular weight is 264 g/mol. The standard InChI is InChI=1S/C16H28N2O/c1-6-18(14(3)12-19-5)11-16(17-4)15-9-7-13(2)8-10-15/h7-10,14,16-17H,6,11-12H2,1-5H3. The summed E-state index contributed by atoms with van der Waals surface area (Å²) in [5.41, 5.74) is 2.65. The Bertz CT molecular complexity index is 350. The third-order valence-electron chi connectivity index (χ3n) is 3.68. The molecule has 3 nitrogen and oxygen atoms in total. The molecule has 1 aromatic rings. The summed E-state index contributed by atoms with van der Waals surface area (Å²) in [7, 11) is 3.79. The van der Waals surface area contributed by atoms with Crippen molar-refractivity contribution in [1.82, 2.24) is 10.2 Å². The first kappa shape index (κ1) is 16.2. The minimum Gasteiger partial charge on any atom is -0.383 e. The Morgan fingerprint density at radius 2 is 1.89 bits per heavy atom. The molecule has 0 aliphatic rings. The first-order valence-corrected chi connectivity index (χ1v) is 7.09. The molecule has 0 spiro atoms. The molecule has 108 valence electrons. The lowest BCUT2D eigenvalue weighted by atomic mass is 10.0. The molecule has 0 aliphatic heterocycles. The molecule has 0 saturated heterocycles. The van der Waals surface area contributed by atoms with E-state index in [9.17, 15) is 0 Å². The van der Waals surface area contributed by atoms with Crippen LogP contribution in [0.3, 0.4) is 0 Å². The Morgan fingerprint density at radius 3 is 2.37 bits per heavy atom. The highest BCUT2D eigenvalue weighted by molar-refractivity contribution is 5.24. The molecular weight excluding hydrogens is 236 g/mol. The predicted molar refractivity (Wildman–Crippen MR) is 81.6 cm³/mol. The van der Waals surface area contributed by atoms with Crippen LogP contribution in [0.1, 0.15) is 31.0 Å². The third-order valence-corrected chi connectivity index (χ3v) is 3.68. The normalized spacial score (nSPS) is 14.6. The SMILES string of the molecule is CCN(CC(NC)c1ccc(C)cc1)C(C)COC. The maximum absolute atomic E-state index is 5.26. The maximum atomic E-state index is 5.26. The van der Waals surface area contributed by atoms with E-state index in [2.05, 4.69) is 55.3 Å². The number of hydrogen-bond acceptors (Lipinski definition) is 3. The van der Waals surface area contributed by atoms with Crippen molar-refractivity contribution in [2.24, 2.45) is 0 Å². The van der Waals surface area contributed by atoms with Crippen LogP contribution >= 0.6 is 0 Å². The quantitative estimate of drug-likeness (QED) is 0.781. The summed E-state index contributed by atoms with van der Waals surface area (Å²) >= 11 is 0. The number of benzene rings is 1. The molecule has 2 unspecified atom stereocenters. The van der Waals surface area contributed by atoms with Crippen molar-refractivity contribution in [3.05, 3.63) is 35.4 Å². The Labute approximate surface area is 118 Å². The summed E-state index contributed by atoms with van der Waals surface area (Å²) in [6, 6.07) is 9.58. The van der Waals surface area contributed by atoms with Crippen molar-refractivity contribution in [3.63, 3.8) is 0 Å². The number of aryl methyl sites for hydroxylation is 1. The fourth-order valence-corrected chi connectivity index (χ4v) is 2.36. The van der Waals surface area contributed by atoms with Gasteiger partial charge in [0, 0.05) is 25.7 Å². The van der Waals surface area contributed by atoms with E-state index in [1.165, 1.54) is 11.1 Å². The Balaban J connectivity index is 2.71. The molecule has 0 aliphatic carbocycles. The number of nitrogens with one attached hydrogen (secondary N) is 1. The van der Waals surface area contributed by atoms with Crippen LogP contribution in [0.5, 0.6) is 0 Å². The predicted octanol–water partition coefficient (Wildman–Crippen LogP) is 2.61. The van der Waals surface area contributed by atoms with Crippen molar-refractivity contribution in [2.75, 3.05) is 33.9 Å². The van der Waals surface area contributed by atoms with Gasteiger partial charge in [-0.1, -0.05) is 36.8 Å². The fraction of sp³-hybridized carbons (Fsp3) is 0.625. The molecule has 1 rings (SSSR count). The molecular formula is C16H28N2O. The number of methoxy groups -OCH3 is 1. The number of likely N-dealkylation sites (N-methyl/N-ethyl adjacent to an activating group) is 2. The lowest BCUT2D eigenvalue weighted by molar-refractivity contribution is 0.0963. The Morgan fingerprint density at radius 1 is 1.26 bits per heavy atom. The average Bonchev–Trinajstić information content (AvgIpc) is 2.42. The molecule has 0 bridgehead atoms. The molecule has 0 fully saturated rings. The summed E-state index contributed by atoms with van der Waals surface area (Å²) in [4.78, 5) is 2.45. The summed E-state index contributed by atoms with van der Waals surface area (Å²) in [5.74, 6) is 0. The highest BCUT2D eigenvalue weighted by atomic mass is 16.5. The summed E-state index contributed by atoms with van der Waals surface area (Å²) in [5, 5.41) is 3.42. The van der Waals surface area contributed by atoms with E-state index in [1.807, 2.05) is 7.05 Å². The molecule has 19 heavy (non-hydrogen) atoms. The van der Waals surface area contributed by atoms with Crippen LogP contribution in [-0.4, -0.2) is 44.8 Å². The van der Waals surface area contributed by atoms with Crippen LogP contribution in [0.15, 0.2) is 24.3 Å². The zero-order valence-corrected chi connectivity index (χ0v) is 12.9. The minimum absolute atomic E-state index is 0.361. The van der Waals surface area contributed by atoms with Crippen LogP contribution < -0.4 is 5.32 Å². The third kappa shape index (κ3) is 4.94. The topological polar surface area (TPSA) is 24.5 Å². The molecule has 1 aromatic carbocycles. The summed E-state index contributed by atoms with van der Waals surface area (Å²) in [6.45, 7) is 9.35. The van der Waals surface area contributed by atoms with Gasteiger partial charge < -0.3 is 10.1 Å². The van der Waals surface area contributed by atoms with Crippen LogP contribution in [0.25, 0.3) is 0 Å². The molecule has 0 amide bonds. The van der Waals surface area contributed by atoms with Gasteiger partial charge in [0.1, 0.15) is 0 Å². The van der Waals surface area contributed by atoms with E-state index >= 15 is 0 Å². The van der Waals surface area contributed by atoms with Crippen LogP contribution in [-0.2, 0) is 4.74 Å². The molecule has 1 N–H and O–H groups in total. The smallest absolute Gasteiger partial charge is 0.0615 e. The van der Waals surface area contributed by atoms with Gasteiger partial charge in [-0.05, 0) is 33.0 Å². The molecule has 2 atom stereocenters. The first-order valence-electron chi connectivity index (χ1n) is 7.09.